The molecular weight excluding hydrogens is 428 g/mol. The van der Waals surface area contributed by atoms with Crippen LogP contribution in [0.2, 0.25) is 0 Å². The third-order valence-corrected chi connectivity index (χ3v) is 5.58. The van der Waals surface area contributed by atoms with Gasteiger partial charge in [-0.2, -0.15) is 5.26 Å². The summed E-state index contributed by atoms with van der Waals surface area (Å²) in [4.78, 5) is 15.6. The van der Waals surface area contributed by atoms with Crippen molar-refractivity contribution in [1.29, 1.82) is 5.26 Å². The van der Waals surface area contributed by atoms with Crippen LogP contribution in [0.3, 0.4) is 0 Å². The fourth-order valence-corrected chi connectivity index (χ4v) is 3.40. The molecule has 2 N–H and O–H groups in total. The zero-order valence-corrected chi connectivity index (χ0v) is 19.6. The SMILES string of the molecule is Cc1ncc(-c2ccnc(C(C)(C)C#N)c2)nc1-c1nnc(-c2ccc(N(C)CCN)cc2)o1. The lowest BCUT2D eigenvalue weighted by atomic mass is 9.90. The van der Waals surface area contributed by atoms with Crippen molar-refractivity contribution in [3.05, 3.63) is 60.2 Å². The van der Waals surface area contributed by atoms with Gasteiger partial charge in [0.2, 0.25) is 5.89 Å². The Labute approximate surface area is 198 Å². The number of rotatable bonds is 7. The summed E-state index contributed by atoms with van der Waals surface area (Å²) in [5.41, 5.74) is 10.1. The van der Waals surface area contributed by atoms with E-state index >= 15 is 0 Å². The summed E-state index contributed by atoms with van der Waals surface area (Å²) in [7, 11) is 1.99. The number of hydrogen-bond acceptors (Lipinski definition) is 9. The van der Waals surface area contributed by atoms with Crippen LogP contribution in [0.4, 0.5) is 5.69 Å². The van der Waals surface area contributed by atoms with Crippen molar-refractivity contribution in [2.45, 2.75) is 26.2 Å². The average Bonchev–Trinajstić information content (AvgIpc) is 3.35. The van der Waals surface area contributed by atoms with E-state index in [2.05, 4.69) is 31.1 Å². The summed E-state index contributed by atoms with van der Waals surface area (Å²) in [6.07, 6.45) is 3.36. The van der Waals surface area contributed by atoms with E-state index in [4.69, 9.17) is 15.1 Å². The van der Waals surface area contributed by atoms with E-state index in [-0.39, 0.29) is 5.89 Å². The van der Waals surface area contributed by atoms with Crippen molar-refractivity contribution >= 4 is 5.69 Å². The van der Waals surface area contributed by atoms with Gasteiger partial charge >= 0.3 is 0 Å². The first-order valence-electron chi connectivity index (χ1n) is 10.9. The fraction of sp³-hybridized carbons (Fsp3) is 0.280. The first-order valence-corrected chi connectivity index (χ1v) is 10.9. The molecule has 0 aliphatic carbocycles. The van der Waals surface area contributed by atoms with Crippen molar-refractivity contribution < 1.29 is 4.42 Å². The predicted octanol–water partition coefficient (Wildman–Crippen LogP) is 3.76. The lowest BCUT2D eigenvalue weighted by molar-refractivity contribution is 0.581. The Balaban J connectivity index is 1.64. The van der Waals surface area contributed by atoms with Crippen LogP contribution < -0.4 is 10.6 Å². The molecule has 0 saturated heterocycles. The molecule has 3 heterocycles. The minimum Gasteiger partial charge on any atom is -0.415 e. The van der Waals surface area contributed by atoms with Crippen molar-refractivity contribution in [1.82, 2.24) is 25.1 Å². The molecule has 9 heteroatoms. The molecule has 3 aromatic heterocycles. The highest BCUT2D eigenvalue weighted by Gasteiger charge is 2.22. The van der Waals surface area contributed by atoms with Crippen LogP contribution in [0.5, 0.6) is 0 Å². The molecule has 1 aromatic carbocycles. The highest BCUT2D eigenvalue weighted by Crippen LogP contribution is 2.29. The van der Waals surface area contributed by atoms with Crippen molar-refractivity contribution in [2.24, 2.45) is 5.73 Å². The Morgan fingerprint density at radius 3 is 2.50 bits per heavy atom. The Hall–Kier alpha value is -4.16. The van der Waals surface area contributed by atoms with Gasteiger partial charge in [-0.15, -0.1) is 10.2 Å². The van der Waals surface area contributed by atoms with E-state index in [0.717, 1.165) is 23.4 Å². The Morgan fingerprint density at radius 2 is 1.79 bits per heavy atom. The molecule has 0 spiro atoms. The molecule has 34 heavy (non-hydrogen) atoms. The normalized spacial score (nSPS) is 11.3. The number of hydrogen-bond donors (Lipinski definition) is 1. The average molecular weight is 455 g/mol. The van der Waals surface area contributed by atoms with E-state index in [1.807, 2.05) is 64.2 Å². The third-order valence-electron chi connectivity index (χ3n) is 5.58. The van der Waals surface area contributed by atoms with E-state index in [0.29, 0.717) is 35.2 Å². The molecule has 0 amide bonds. The van der Waals surface area contributed by atoms with Crippen LogP contribution in [0.25, 0.3) is 34.3 Å². The van der Waals surface area contributed by atoms with Crippen LogP contribution in [-0.4, -0.2) is 45.3 Å². The van der Waals surface area contributed by atoms with Crippen LogP contribution >= 0.6 is 0 Å². The second kappa shape index (κ2) is 9.37. The Morgan fingerprint density at radius 1 is 1.06 bits per heavy atom. The number of benzene rings is 1. The van der Waals surface area contributed by atoms with Gasteiger partial charge in [-0.05, 0) is 57.2 Å². The number of likely N-dealkylation sites (N-methyl/N-ethyl adjacent to an activating group) is 1. The van der Waals surface area contributed by atoms with Gasteiger partial charge in [0.25, 0.3) is 5.89 Å². The molecule has 0 radical (unpaired) electrons. The van der Waals surface area contributed by atoms with Gasteiger partial charge < -0.3 is 15.1 Å². The lowest BCUT2D eigenvalue weighted by Gasteiger charge is -2.18. The summed E-state index contributed by atoms with van der Waals surface area (Å²) in [5.74, 6) is 0.689. The third kappa shape index (κ3) is 4.63. The highest BCUT2D eigenvalue weighted by molar-refractivity contribution is 5.64. The van der Waals surface area contributed by atoms with E-state index in [1.165, 1.54) is 0 Å². The lowest BCUT2D eigenvalue weighted by Crippen LogP contribution is -2.24. The molecule has 4 aromatic rings. The number of aromatic nitrogens is 5. The summed E-state index contributed by atoms with van der Waals surface area (Å²) in [6, 6.07) is 13.8. The summed E-state index contributed by atoms with van der Waals surface area (Å²) >= 11 is 0. The minimum absolute atomic E-state index is 0.290. The van der Waals surface area contributed by atoms with E-state index in [1.54, 1.807) is 12.4 Å². The van der Waals surface area contributed by atoms with Gasteiger partial charge in [0.15, 0.2) is 0 Å². The first-order chi connectivity index (χ1) is 16.3. The molecule has 0 bridgehead atoms. The Bertz CT molecular complexity index is 1340. The predicted molar refractivity (Wildman–Crippen MR) is 130 cm³/mol. The zero-order valence-electron chi connectivity index (χ0n) is 19.6. The largest absolute Gasteiger partial charge is 0.415 e. The van der Waals surface area contributed by atoms with Crippen LogP contribution in [0, 0.1) is 18.3 Å². The second-order valence-corrected chi connectivity index (χ2v) is 8.53. The maximum absolute atomic E-state index is 9.45. The fourth-order valence-electron chi connectivity index (χ4n) is 3.40. The molecule has 9 nitrogen and oxygen atoms in total. The number of nitriles is 1. The van der Waals surface area contributed by atoms with Gasteiger partial charge in [0.1, 0.15) is 5.69 Å². The quantitative estimate of drug-likeness (QED) is 0.443. The maximum atomic E-state index is 9.45. The standard InChI is InChI=1S/C25H26N8O/c1-16-22(30-20(14-29-16)18-9-11-28-21(13-18)25(2,3)15-27)24-32-31-23(34-24)17-5-7-19(8-6-17)33(4)12-10-26/h5-9,11,13-14H,10,12,26H2,1-4H3. The van der Waals surface area contributed by atoms with Gasteiger partial charge in [0, 0.05) is 43.1 Å². The van der Waals surface area contributed by atoms with Gasteiger partial charge in [0.05, 0.1) is 34.8 Å². The number of nitrogens with two attached hydrogens (primary N) is 1. The van der Waals surface area contributed by atoms with Crippen LogP contribution in [0.1, 0.15) is 25.2 Å². The van der Waals surface area contributed by atoms with Gasteiger partial charge in [-0.1, -0.05) is 0 Å². The Kier molecular flexibility index (Phi) is 6.34. The van der Waals surface area contributed by atoms with Crippen molar-refractivity contribution in [2.75, 3.05) is 25.0 Å². The molecule has 0 fully saturated rings. The smallest absolute Gasteiger partial charge is 0.268 e. The summed E-state index contributed by atoms with van der Waals surface area (Å²) in [5, 5.41) is 17.9. The molecule has 0 aliphatic rings. The van der Waals surface area contributed by atoms with E-state index in [9.17, 15) is 5.26 Å². The summed E-state index contributed by atoms with van der Waals surface area (Å²) in [6.45, 7) is 6.85. The number of anilines is 1. The second-order valence-electron chi connectivity index (χ2n) is 8.53. The maximum Gasteiger partial charge on any atom is 0.268 e. The molecule has 0 atom stereocenters. The zero-order chi connectivity index (χ0) is 24.3. The molecule has 0 aliphatic heterocycles. The molecular formula is C25H26N8O. The van der Waals surface area contributed by atoms with Crippen LogP contribution in [-0.2, 0) is 5.41 Å². The van der Waals surface area contributed by atoms with Gasteiger partial charge in [-0.3, -0.25) is 9.97 Å². The monoisotopic (exact) mass is 454 g/mol. The van der Waals surface area contributed by atoms with E-state index < -0.39 is 5.41 Å². The number of nitrogens with zero attached hydrogens (tertiary/aromatic N) is 7. The van der Waals surface area contributed by atoms with Gasteiger partial charge in [-0.25, -0.2) is 4.98 Å². The van der Waals surface area contributed by atoms with Crippen molar-refractivity contribution in [3.63, 3.8) is 0 Å². The van der Waals surface area contributed by atoms with Crippen molar-refractivity contribution in [3.8, 4) is 40.4 Å². The first kappa shape index (κ1) is 23.0. The number of pyridine rings is 1. The highest BCUT2D eigenvalue weighted by atomic mass is 16.4. The molecule has 4 rings (SSSR count). The van der Waals surface area contributed by atoms with Crippen LogP contribution in [0.15, 0.2) is 53.2 Å². The molecule has 0 unspecified atom stereocenters. The molecule has 0 saturated carbocycles. The minimum atomic E-state index is -0.715. The molecule has 172 valence electrons. The topological polar surface area (TPSA) is 131 Å². The number of aryl methyl sites for hydroxylation is 1. The summed E-state index contributed by atoms with van der Waals surface area (Å²) < 4.78 is 5.96.